The maximum absolute atomic E-state index is 11.6. The molecular formula is C12H15ClN2O2. The fourth-order valence-electron chi connectivity index (χ4n) is 1.99. The van der Waals surface area contributed by atoms with Gasteiger partial charge in [-0.05, 0) is 25.6 Å². The smallest absolute Gasteiger partial charge is 0.323 e. The van der Waals surface area contributed by atoms with Crippen LogP contribution in [0.25, 0.3) is 0 Å². The zero-order chi connectivity index (χ0) is 12.4. The van der Waals surface area contributed by atoms with Crippen molar-refractivity contribution >= 4 is 17.6 Å². The van der Waals surface area contributed by atoms with E-state index in [0.717, 1.165) is 12.0 Å². The zero-order valence-electron chi connectivity index (χ0n) is 9.89. The molecule has 1 aliphatic heterocycles. The van der Waals surface area contributed by atoms with Gasteiger partial charge in [0.1, 0.15) is 17.3 Å². The van der Waals surface area contributed by atoms with Crippen molar-refractivity contribution in [2.75, 3.05) is 7.05 Å². The molecule has 1 fully saturated rings. The number of cyclic esters (lactones) is 1. The van der Waals surface area contributed by atoms with Crippen molar-refractivity contribution in [3.05, 3.63) is 29.0 Å². The highest BCUT2D eigenvalue weighted by Gasteiger charge is 2.34. The summed E-state index contributed by atoms with van der Waals surface area (Å²) >= 11 is 5.72. The third-order valence-corrected chi connectivity index (χ3v) is 3.12. The first kappa shape index (κ1) is 12.3. The molecule has 5 heteroatoms. The first-order valence-electron chi connectivity index (χ1n) is 5.57. The van der Waals surface area contributed by atoms with Gasteiger partial charge in [0.2, 0.25) is 0 Å². The number of aromatic nitrogens is 1. The van der Waals surface area contributed by atoms with Gasteiger partial charge in [-0.2, -0.15) is 0 Å². The van der Waals surface area contributed by atoms with Gasteiger partial charge >= 0.3 is 5.97 Å². The summed E-state index contributed by atoms with van der Waals surface area (Å²) in [6.07, 6.45) is 2.48. The van der Waals surface area contributed by atoms with E-state index in [0.29, 0.717) is 11.7 Å². The summed E-state index contributed by atoms with van der Waals surface area (Å²) in [7, 11) is 1.92. The minimum Gasteiger partial charge on any atom is -0.461 e. The fraction of sp³-hybridized carbons (Fsp3) is 0.500. The van der Waals surface area contributed by atoms with Gasteiger partial charge in [0.15, 0.2) is 0 Å². The summed E-state index contributed by atoms with van der Waals surface area (Å²) in [6, 6.07) is 3.51. The lowest BCUT2D eigenvalue weighted by Gasteiger charge is -2.20. The van der Waals surface area contributed by atoms with Gasteiger partial charge in [0, 0.05) is 19.2 Å². The van der Waals surface area contributed by atoms with Crippen LogP contribution in [0, 0.1) is 0 Å². The average Bonchev–Trinajstić information content (AvgIpc) is 2.61. The van der Waals surface area contributed by atoms with Gasteiger partial charge in [0.05, 0.1) is 0 Å². The van der Waals surface area contributed by atoms with Crippen molar-refractivity contribution in [1.29, 1.82) is 0 Å². The Kier molecular flexibility index (Phi) is 3.64. The van der Waals surface area contributed by atoms with Gasteiger partial charge in [-0.1, -0.05) is 17.7 Å². The highest BCUT2D eigenvalue weighted by Crippen LogP contribution is 2.20. The molecule has 2 rings (SSSR count). The predicted octanol–water partition coefficient (Wildman–Crippen LogP) is 1.87. The molecule has 0 saturated carbocycles. The van der Waals surface area contributed by atoms with Crippen LogP contribution in [-0.2, 0) is 16.1 Å². The highest BCUT2D eigenvalue weighted by atomic mass is 35.5. The second kappa shape index (κ2) is 5.02. The van der Waals surface area contributed by atoms with Crippen molar-refractivity contribution in [2.24, 2.45) is 0 Å². The Hall–Kier alpha value is -1.13. The van der Waals surface area contributed by atoms with Crippen LogP contribution in [0.5, 0.6) is 0 Å². The quantitative estimate of drug-likeness (QED) is 0.610. The largest absolute Gasteiger partial charge is 0.461 e. The van der Waals surface area contributed by atoms with Crippen molar-refractivity contribution < 1.29 is 9.53 Å². The number of ether oxygens (including phenoxy) is 1. The summed E-state index contributed by atoms with van der Waals surface area (Å²) in [5.74, 6) is -0.137. The second-order valence-electron chi connectivity index (χ2n) is 4.40. The van der Waals surface area contributed by atoms with E-state index in [1.807, 2.05) is 24.9 Å². The lowest BCUT2D eigenvalue weighted by Crippen LogP contribution is -2.34. The molecule has 17 heavy (non-hydrogen) atoms. The Balaban J connectivity index is 1.99. The second-order valence-corrected chi connectivity index (χ2v) is 4.79. The standard InChI is InChI=1S/C12H15ClN2O2/c1-8-5-10(12(16)17-8)15(2)7-9-3-4-11(13)14-6-9/h3-4,6,8,10H,5,7H2,1-2H3/t8-,10+/m1/s1. The summed E-state index contributed by atoms with van der Waals surface area (Å²) in [6.45, 7) is 2.58. The Morgan fingerprint density at radius 2 is 2.35 bits per heavy atom. The maximum atomic E-state index is 11.6. The molecule has 0 aliphatic carbocycles. The predicted molar refractivity (Wildman–Crippen MR) is 64.7 cm³/mol. The third kappa shape index (κ3) is 2.96. The van der Waals surface area contributed by atoms with Crippen LogP contribution in [0.4, 0.5) is 0 Å². The van der Waals surface area contributed by atoms with Crippen molar-refractivity contribution in [3.63, 3.8) is 0 Å². The van der Waals surface area contributed by atoms with Crippen LogP contribution in [0.2, 0.25) is 5.15 Å². The number of rotatable bonds is 3. The molecule has 0 spiro atoms. The number of likely N-dealkylation sites (N-methyl/N-ethyl adjacent to an activating group) is 1. The molecular weight excluding hydrogens is 240 g/mol. The van der Waals surface area contributed by atoms with Gasteiger partial charge in [-0.3, -0.25) is 9.69 Å². The number of hydrogen-bond donors (Lipinski definition) is 0. The molecule has 92 valence electrons. The molecule has 0 N–H and O–H groups in total. The van der Waals surface area contributed by atoms with E-state index >= 15 is 0 Å². The van der Waals surface area contributed by atoms with E-state index < -0.39 is 0 Å². The zero-order valence-corrected chi connectivity index (χ0v) is 10.6. The number of halogens is 1. The minimum absolute atomic E-state index is 0.0123. The normalized spacial score (nSPS) is 24.1. The molecule has 1 saturated heterocycles. The van der Waals surface area contributed by atoms with Crippen molar-refractivity contribution in [3.8, 4) is 0 Å². The molecule has 0 aromatic carbocycles. The van der Waals surface area contributed by atoms with Crippen molar-refractivity contribution in [2.45, 2.75) is 32.0 Å². The Morgan fingerprint density at radius 1 is 1.59 bits per heavy atom. The van der Waals surface area contributed by atoms with E-state index in [4.69, 9.17) is 16.3 Å². The molecule has 4 nitrogen and oxygen atoms in total. The molecule has 2 atom stereocenters. The van der Waals surface area contributed by atoms with Gasteiger partial charge in [-0.15, -0.1) is 0 Å². The summed E-state index contributed by atoms with van der Waals surface area (Å²) in [5, 5.41) is 0.477. The number of hydrogen-bond acceptors (Lipinski definition) is 4. The first-order valence-corrected chi connectivity index (χ1v) is 5.95. The number of carbonyl (C=O) groups excluding carboxylic acids is 1. The molecule has 2 heterocycles. The lowest BCUT2D eigenvalue weighted by atomic mass is 10.1. The SMILES string of the molecule is C[C@@H]1C[C@H](N(C)Cc2ccc(Cl)nc2)C(=O)O1. The molecule has 0 radical (unpaired) electrons. The van der Waals surface area contributed by atoms with Crippen LogP contribution in [0.1, 0.15) is 18.9 Å². The topological polar surface area (TPSA) is 42.4 Å². The summed E-state index contributed by atoms with van der Waals surface area (Å²) in [4.78, 5) is 17.6. The molecule has 0 unspecified atom stereocenters. The van der Waals surface area contributed by atoms with Crippen LogP contribution in [-0.4, -0.2) is 35.0 Å². The minimum atomic E-state index is -0.152. The van der Waals surface area contributed by atoms with E-state index in [2.05, 4.69) is 4.98 Å². The average molecular weight is 255 g/mol. The molecule has 1 aromatic rings. The molecule has 1 aromatic heterocycles. The van der Waals surface area contributed by atoms with Gasteiger partial charge < -0.3 is 4.74 Å². The Morgan fingerprint density at radius 3 is 2.88 bits per heavy atom. The summed E-state index contributed by atoms with van der Waals surface area (Å²) < 4.78 is 5.13. The van der Waals surface area contributed by atoms with Gasteiger partial charge in [-0.25, -0.2) is 4.98 Å². The number of nitrogens with zero attached hydrogens (tertiary/aromatic N) is 2. The lowest BCUT2D eigenvalue weighted by molar-refractivity contribution is -0.144. The molecule has 0 bridgehead atoms. The third-order valence-electron chi connectivity index (χ3n) is 2.90. The summed E-state index contributed by atoms with van der Waals surface area (Å²) in [5.41, 5.74) is 1.03. The van der Waals surface area contributed by atoms with E-state index in [1.54, 1.807) is 12.3 Å². The highest BCUT2D eigenvalue weighted by molar-refractivity contribution is 6.29. The van der Waals surface area contributed by atoms with Crippen LogP contribution in [0.3, 0.4) is 0 Å². The fourth-order valence-corrected chi connectivity index (χ4v) is 2.11. The first-order chi connectivity index (χ1) is 8.06. The van der Waals surface area contributed by atoms with E-state index in [1.165, 1.54) is 0 Å². The van der Waals surface area contributed by atoms with Crippen LogP contribution < -0.4 is 0 Å². The molecule has 1 aliphatic rings. The van der Waals surface area contributed by atoms with Crippen LogP contribution >= 0.6 is 11.6 Å². The monoisotopic (exact) mass is 254 g/mol. The maximum Gasteiger partial charge on any atom is 0.323 e. The van der Waals surface area contributed by atoms with Crippen molar-refractivity contribution in [1.82, 2.24) is 9.88 Å². The number of pyridine rings is 1. The van der Waals surface area contributed by atoms with Crippen LogP contribution in [0.15, 0.2) is 18.3 Å². The number of esters is 1. The Labute approximate surface area is 106 Å². The van der Waals surface area contributed by atoms with E-state index in [9.17, 15) is 4.79 Å². The number of carbonyl (C=O) groups is 1. The Bertz CT molecular complexity index is 407. The molecule has 0 amide bonds. The van der Waals surface area contributed by atoms with E-state index in [-0.39, 0.29) is 18.1 Å². The van der Waals surface area contributed by atoms with Gasteiger partial charge in [0.25, 0.3) is 0 Å².